The number of aryl methyl sites for hydroxylation is 2. The molecule has 1 aromatic heterocycles. The zero-order chi connectivity index (χ0) is 13.0. The van der Waals surface area contributed by atoms with E-state index >= 15 is 0 Å². The van der Waals surface area contributed by atoms with Gasteiger partial charge in [-0.3, -0.25) is 0 Å². The van der Waals surface area contributed by atoms with Crippen LogP contribution >= 0.6 is 0 Å². The van der Waals surface area contributed by atoms with E-state index in [0.717, 1.165) is 24.5 Å². The first-order valence-corrected chi connectivity index (χ1v) is 6.25. The first kappa shape index (κ1) is 12.7. The Kier molecular flexibility index (Phi) is 4.05. The third-order valence-electron chi connectivity index (χ3n) is 2.96. The molecule has 94 valence electrons. The largest absolute Gasteiger partial charge is 0.319 e. The second-order valence-electron chi connectivity index (χ2n) is 4.53. The van der Waals surface area contributed by atoms with Crippen LogP contribution in [0.5, 0.6) is 0 Å². The molecule has 1 N–H and O–H groups in total. The Morgan fingerprint density at radius 1 is 1.17 bits per heavy atom. The highest BCUT2D eigenvalue weighted by atomic mass is 14.9. The number of benzene rings is 1. The molecule has 0 aliphatic carbocycles. The number of nitrogens with zero attached hydrogens (tertiary/aromatic N) is 2. The van der Waals surface area contributed by atoms with Gasteiger partial charge in [0, 0.05) is 24.7 Å². The van der Waals surface area contributed by atoms with Crippen molar-refractivity contribution in [2.24, 2.45) is 0 Å². The van der Waals surface area contributed by atoms with E-state index in [2.05, 4.69) is 47.3 Å². The monoisotopic (exact) mass is 241 g/mol. The molecular weight excluding hydrogens is 222 g/mol. The third-order valence-corrected chi connectivity index (χ3v) is 2.96. The summed E-state index contributed by atoms with van der Waals surface area (Å²) in [5.41, 5.74) is 4.73. The summed E-state index contributed by atoms with van der Waals surface area (Å²) in [6, 6.07) is 8.41. The van der Waals surface area contributed by atoms with Crippen molar-refractivity contribution in [2.75, 3.05) is 13.6 Å². The maximum absolute atomic E-state index is 4.62. The molecule has 1 aromatic carbocycles. The molecule has 0 bridgehead atoms. The Labute approximate surface area is 108 Å². The predicted molar refractivity (Wildman–Crippen MR) is 74.6 cm³/mol. The molecule has 0 radical (unpaired) electrons. The lowest BCUT2D eigenvalue weighted by Crippen LogP contribution is -2.12. The van der Waals surface area contributed by atoms with Crippen LogP contribution in [0.15, 0.2) is 30.5 Å². The Hall–Kier alpha value is -1.74. The summed E-state index contributed by atoms with van der Waals surface area (Å²) in [4.78, 5) is 8.92. The van der Waals surface area contributed by atoms with Crippen molar-refractivity contribution in [1.82, 2.24) is 15.3 Å². The number of aromatic nitrogens is 2. The van der Waals surface area contributed by atoms with E-state index < -0.39 is 0 Å². The van der Waals surface area contributed by atoms with E-state index in [0.29, 0.717) is 0 Å². The van der Waals surface area contributed by atoms with Crippen LogP contribution in [0.4, 0.5) is 0 Å². The van der Waals surface area contributed by atoms with Crippen LogP contribution in [0.1, 0.15) is 17.0 Å². The summed E-state index contributed by atoms with van der Waals surface area (Å²) in [5.74, 6) is 0.891. The SMILES string of the molecule is CNCCc1nccc(-c2ccc(C)cc2C)n1. The molecule has 0 saturated heterocycles. The number of likely N-dealkylation sites (N-methyl/N-ethyl adjacent to an activating group) is 1. The van der Waals surface area contributed by atoms with Crippen molar-refractivity contribution < 1.29 is 0 Å². The molecule has 0 aliphatic rings. The fraction of sp³-hybridized carbons (Fsp3) is 0.333. The van der Waals surface area contributed by atoms with E-state index in [1.165, 1.54) is 16.7 Å². The topological polar surface area (TPSA) is 37.8 Å². The molecule has 0 fully saturated rings. The lowest BCUT2D eigenvalue weighted by atomic mass is 10.0. The summed E-state index contributed by atoms with van der Waals surface area (Å²) in [6.45, 7) is 5.13. The van der Waals surface area contributed by atoms with E-state index in [4.69, 9.17) is 0 Å². The molecule has 1 heterocycles. The Bertz CT molecular complexity index is 535. The minimum atomic E-state index is 0.856. The van der Waals surface area contributed by atoms with Crippen molar-refractivity contribution in [3.8, 4) is 11.3 Å². The minimum Gasteiger partial charge on any atom is -0.319 e. The van der Waals surface area contributed by atoms with Crippen LogP contribution in [-0.2, 0) is 6.42 Å². The van der Waals surface area contributed by atoms with Crippen molar-refractivity contribution in [1.29, 1.82) is 0 Å². The van der Waals surface area contributed by atoms with Gasteiger partial charge in [-0.25, -0.2) is 9.97 Å². The highest BCUT2D eigenvalue weighted by Gasteiger charge is 2.05. The Balaban J connectivity index is 2.32. The van der Waals surface area contributed by atoms with Crippen LogP contribution in [0.3, 0.4) is 0 Å². The highest BCUT2D eigenvalue weighted by molar-refractivity contribution is 5.63. The average Bonchev–Trinajstić information content (AvgIpc) is 2.36. The normalized spacial score (nSPS) is 10.6. The fourth-order valence-electron chi connectivity index (χ4n) is 2.01. The second kappa shape index (κ2) is 5.74. The molecule has 0 amide bonds. The van der Waals surface area contributed by atoms with E-state index in [-0.39, 0.29) is 0 Å². The number of nitrogens with one attached hydrogen (secondary N) is 1. The van der Waals surface area contributed by atoms with Crippen molar-refractivity contribution in [2.45, 2.75) is 20.3 Å². The molecule has 2 rings (SSSR count). The average molecular weight is 241 g/mol. The fourth-order valence-corrected chi connectivity index (χ4v) is 2.01. The van der Waals surface area contributed by atoms with Gasteiger partial charge in [-0.1, -0.05) is 23.8 Å². The Morgan fingerprint density at radius 2 is 2.00 bits per heavy atom. The van der Waals surface area contributed by atoms with Gasteiger partial charge in [0.1, 0.15) is 5.82 Å². The van der Waals surface area contributed by atoms with Crippen molar-refractivity contribution >= 4 is 0 Å². The first-order valence-electron chi connectivity index (χ1n) is 6.25. The van der Waals surface area contributed by atoms with Gasteiger partial charge in [0.05, 0.1) is 5.69 Å². The zero-order valence-corrected chi connectivity index (χ0v) is 11.2. The van der Waals surface area contributed by atoms with Gasteiger partial charge in [0.2, 0.25) is 0 Å². The quantitative estimate of drug-likeness (QED) is 0.893. The van der Waals surface area contributed by atoms with Crippen LogP contribution in [0.25, 0.3) is 11.3 Å². The number of rotatable bonds is 4. The first-order chi connectivity index (χ1) is 8.70. The van der Waals surface area contributed by atoms with Crippen molar-refractivity contribution in [3.05, 3.63) is 47.4 Å². The molecule has 0 atom stereocenters. The molecule has 0 saturated carbocycles. The summed E-state index contributed by atoms with van der Waals surface area (Å²) in [6.07, 6.45) is 2.70. The van der Waals surface area contributed by atoms with Gasteiger partial charge in [-0.2, -0.15) is 0 Å². The number of hydrogen-bond donors (Lipinski definition) is 1. The summed E-state index contributed by atoms with van der Waals surface area (Å²) in [7, 11) is 1.94. The van der Waals surface area contributed by atoms with Gasteiger partial charge in [0.25, 0.3) is 0 Å². The molecule has 0 spiro atoms. The standard InChI is InChI=1S/C15H19N3/c1-11-4-5-13(12(2)10-11)14-6-9-17-15(18-14)7-8-16-3/h4-6,9-10,16H,7-8H2,1-3H3. The van der Waals surface area contributed by atoms with Gasteiger partial charge in [-0.15, -0.1) is 0 Å². The highest BCUT2D eigenvalue weighted by Crippen LogP contribution is 2.22. The van der Waals surface area contributed by atoms with Gasteiger partial charge in [-0.05, 0) is 32.5 Å². The minimum absolute atomic E-state index is 0.856. The zero-order valence-electron chi connectivity index (χ0n) is 11.2. The van der Waals surface area contributed by atoms with Crippen LogP contribution in [-0.4, -0.2) is 23.6 Å². The van der Waals surface area contributed by atoms with E-state index in [9.17, 15) is 0 Å². The van der Waals surface area contributed by atoms with Crippen LogP contribution < -0.4 is 5.32 Å². The summed E-state index contributed by atoms with van der Waals surface area (Å²) in [5, 5.41) is 3.11. The van der Waals surface area contributed by atoms with E-state index in [1.54, 1.807) is 0 Å². The summed E-state index contributed by atoms with van der Waals surface area (Å²) >= 11 is 0. The van der Waals surface area contributed by atoms with Crippen LogP contribution in [0, 0.1) is 13.8 Å². The Morgan fingerprint density at radius 3 is 2.72 bits per heavy atom. The lowest BCUT2D eigenvalue weighted by Gasteiger charge is -2.07. The molecule has 0 unspecified atom stereocenters. The maximum atomic E-state index is 4.62. The van der Waals surface area contributed by atoms with Gasteiger partial charge < -0.3 is 5.32 Å². The van der Waals surface area contributed by atoms with E-state index in [1.807, 2.05) is 19.3 Å². The van der Waals surface area contributed by atoms with Gasteiger partial charge in [0.15, 0.2) is 0 Å². The smallest absolute Gasteiger partial charge is 0.130 e. The molecule has 3 heteroatoms. The predicted octanol–water partition coefficient (Wildman–Crippen LogP) is 2.52. The molecule has 2 aromatic rings. The van der Waals surface area contributed by atoms with Gasteiger partial charge >= 0.3 is 0 Å². The second-order valence-corrected chi connectivity index (χ2v) is 4.53. The molecule has 0 aliphatic heterocycles. The van der Waals surface area contributed by atoms with Crippen molar-refractivity contribution in [3.63, 3.8) is 0 Å². The third kappa shape index (κ3) is 2.93. The molecule has 3 nitrogen and oxygen atoms in total. The van der Waals surface area contributed by atoms with Crippen LogP contribution in [0.2, 0.25) is 0 Å². The molecule has 18 heavy (non-hydrogen) atoms. The summed E-state index contributed by atoms with van der Waals surface area (Å²) < 4.78 is 0. The number of hydrogen-bond acceptors (Lipinski definition) is 3. The maximum Gasteiger partial charge on any atom is 0.130 e. The lowest BCUT2D eigenvalue weighted by molar-refractivity contribution is 0.756. The molecular formula is C15H19N3.